The lowest BCUT2D eigenvalue weighted by Crippen LogP contribution is -2.46. The fourth-order valence-corrected chi connectivity index (χ4v) is 2.82. The molecule has 0 unspecified atom stereocenters. The van der Waals surface area contributed by atoms with E-state index in [2.05, 4.69) is 20.3 Å². The van der Waals surface area contributed by atoms with E-state index >= 15 is 0 Å². The fraction of sp³-hybridized carbons (Fsp3) is 0.312. The predicted octanol–water partition coefficient (Wildman–Crippen LogP) is 2.73. The Labute approximate surface area is 140 Å². The van der Waals surface area contributed by atoms with Gasteiger partial charge in [0.25, 0.3) is 5.56 Å². The molecule has 0 aliphatic heterocycles. The number of alkyl halides is 3. The number of rotatable bonds is 4. The molecule has 25 heavy (non-hydrogen) atoms. The van der Waals surface area contributed by atoms with Crippen molar-refractivity contribution in [2.45, 2.75) is 31.0 Å². The number of nitrogens with one attached hydrogen (secondary N) is 2. The molecule has 2 aromatic rings. The van der Waals surface area contributed by atoms with E-state index < -0.39 is 17.3 Å². The van der Waals surface area contributed by atoms with Crippen molar-refractivity contribution in [3.8, 4) is 5.75 Å². The van der Waals surface area contributed by atoms with Crippen molar-refractivity contribution in [3.05, 3.63) is 52.3 Å². The van der Waals surface area contributed by atoms with Crippen LogP contribution in [0.2, 0.25) is 0 Å². The quantitative estimate of drug-likeness (QED) is 0.885. The standard InChI is InChI=1S/C16H14F3N3O3/c17-16(18,19)25-11-4-1-3-10(9-11)15(7-2-8-15)14(24)20-12-5-6-13(23)22-21-12/h1,3-6,9H,2,7-8H2,(H,22,23)(H,20,21,24). The van der Waals surface area contributed by atoms with Crippen molar-refractivity contribution < 1.29 is 22.7 Å². The van der Waals surface area contributed by atoms with Crippen LogP contribution in [0.1, 0.15) is 24.8 Å². The molecule has 1 heterocycles. The molecule has 2 N–H and O–H groups in total. The third-order valence-corrected chi connectivity index (χ3v) is 4.18. The average molecular weight is 353 g/mol. The van der Waals surface area contributed by atoms with Gasteiger partial charge in [-0.2, -0.15) is 5.10 Å². The van der Waals surface area contributed by atoms with Gasteiger partial charge in [-0.1, -0.05) is 18.6 Å². The van der Waals surface area contributed by atoms with E-state index in [1.807, 2.05) is 0 Å². The summed E-state index contributed by atoms with van der Waals surface area (Å²) in [6, 6.07) is 8.00. The summed E-state index contributed by atoms with van der Waals surface area (Å²) in [4.78, 5) is 23.7. The molecule has 1 amide bonds. The van der Waals surface area contributed by atoms with E-state index in [1.165, 1.54) is 30.3 Å². The minimum atomic E-state index is -4.80. The minimum absolute atomic E-state index is 0.165. The smallest absolute Gasteiger partial charge is 0.406 e. The number of anilines is 1. The molecule has 1 fully saturated rings. The normalized spacial score (nSPS) is 16.0. The summed E-state index contributed by atoms with van der Waals surface area (Å²) >= 11 is 0. The Kier molecular flexibility index (Phi) is 4.23. The molecule has 0 saturated heterocycles. The summed E-state index contributed by atoms with van der Waals surface area (Å²) < 4.78 is 41.1. The fourth-order valence-electron chi connectivity index (χ4n) is 2.82. The number of nitrogens with zero attached hydrogens (tertiary/aromatic N) is 1. The van der Waals surface area contributed by atoms with E-state index in [1.54, 1.807) is 6.07 Å². The number of ether oxygens (including phenoxy) is 1. The molecule has 1 saturated carbocycles. The number of H-pyrrole nitrogens is 1. The van der Waals surface area contributed by atoms with Crippen LogP contribution in [0.5, 0.6) is 5.75 Å². The Morgan fingerprint density at radius 1 is 1.24 bits per heavy atom. The van der Waals surface area contributed by atoms with Gasteiger partial charge in [0.2, 0.25) is 5.91 Å². The summed E-state index contributed by atoms with van der Waals surface area (Å²) in [5, 5.41) is 8.50. The third-order valence-electron chi connectivity index (χ3n) is 4.18. The summed E-state index contributed by atoms with van der Waals surface area (Å²) in [6.07, 6.45) is -3.03. The van der Waals surface area contributed by atoms with Gasteiger partial charge in [-0.05, 0) is 36.6 Å². The van der Waals surface area contributed by atoms with Crippen molar-refractivity contribution in [3.63, 3.8) is 0 Å². The Balaban J connectivity index is 1.85. The first-order chi connectivity index (χ1) is 11.8. The van der Waals surface area contributed by atoms with Gasteiger partial charge in [0, 0.05) is 6.07 Å². The van der Waals surface area contributed by atoms with Crippen LogP contribution in [0.4, 0.5) is 19.0 Å². The topological polar surface area (TPSA) is 84.1 Å². The number of hydrogen-bond acceptors (Lipinski definition) is 4. The highest BCUT2D eigenvalue weighted by Gasteiger charge is 2.46. The van der Waals surface area contributed by atoms with Gasteiger partial charge < -0.3 is 10.1 Å². The third kappa shape index (κ3) is 3.65. The summed E-state index contributed by atoms with van der Waals surface area (Å²) in [5.74, 6) is -0.590. The molecular weight excluding hydrogens is 339 g/mol. The first-order valence-corrected chi connectivity index (χ1v) is 7.52. The molecule has 1 aromatic heterocycles. The van der Waals surface area contributed by atoms with Crippen molar-refractivity contribution in [1.82, 2.24) is 10.2 Å². The number of aromatic amines is 1. The molecule has 6 nitrogen and oxygen atoms in total. The lowest BCUT2D eigenvalue weighted by Gasteiger charge is -2.40. The molecule has 1 aromatic carbocycles. The van der Waals surface area contributed by atoms with Gasteiger partial charge in [-0.3, -0.25) is 9.59 Å². The van der Waals surface area contributed by atoms with E-state index in [9.17, 15) is 22.8 Å². The maximum atomic E-state index is 12.7. The van der Waals surface area contributed by atoms with Crippen molar-refractivity contribution >= 4 is 11.7 Å². The van der Waals surface area contributed by atoms with Crippen LogP contribution < -0.4 is 15.6 Å². The van der Waals surface area contributed by atoms with Crippen LogP contribution in [0.3, 0.4) is 0 Å². The van der Waals surface area contributed by atoms with E-state index in [-0.39, 0.29) is 17.5 Å². The highest BCUT2D eigenvalue weighted by molar-refractivity contribution is 5.99. The van der Waals surface area contributed by atoms with E-state index in [0.717, 1.165) is 6.42 Å². The molecule has 9 heteroatoms. The first-order valence-electron chi connectivity index (χ1n) is 7.52. The number of benzene rings is 1. The van der Waals surface area contributed by atoms with Gasteiger partial charge in [-0.25, -0.2) is 5.10 Å². The second kappa shape index (κ2) is 6.23. The summed E-state index contributed by atoms with van der Waals surface area (Å²) in [7, 11) is 0. The lowest BCUT2D eigenvalue weighted by atomic mass is 9.63. The number of halogens is 3. The second-order valence-corrected chi connectivity index (χ2v) is 5.77. The zero-order chi connectivity index (χ0) is 18.1. The highest BCUT2D eigenvalue weighted by atomic mass is 19.4. The van der Waals surface area contributed by atoms with Gasteiger partial charge in [0.05, 0.1) is 5.41 Å². The number of hydrogen-bond donors (Lipinski definition) is 2. The van der Waals surface area contributed by atoms with Crippen molar-refractivity contribution in [2.24, 2.45) is 0 Å². The molecule has 0 atom stereocenters. The van der Waals surface area contributed by atoms with Crippen molar-refractivity contribution in [2.75, 3.05) is 5.32 Å². The first kappa shape index (κ1) is 17.0. The largest absolute Gasteiger partial charge is 0.573 e. The molecule has 1 aliphatic carbocycles. The molecule has 0 radical (unpaired) electrons. The predicted molar refractivity (Wildman–Crippen MR) is 82.1 cm³/mol. The van der Waals surface area contributed by atoms with E-state index in [0.29, 0.717) is 18.4 Å². The van der Waals surface area contributed by atoms with Gasteiger partial charge >= 0.3 is 6.36 Å². The van der Waals surface area contributed by atoms with Crippen molar-refractivity contribution in [1.29, 1.82) is 0 Å². The maximum absolute atomic E-state index is 12.7. The van der Waals surface area contributed by atoms with Crippen LogP contribution in [-0.4, -0.2) is 22.5 Å². The monoisotopic (exact) mass is 353 g/mol. The van der Waals surface area contributed by atoms with Gasteiger partial charge in [0.1, 0.15) is 5.75 Å². The lowest BCUT2D eigenvalue weighted by molar-refractivity contribution is -0.274. The summed E-state index contributed by atoms with van der Waals surface area (Å²) in [6.45, 7) is 0. The molecule has 1 aliphatic rings. The SMILES string of the molecule is O=C(Nc1ccc(=O)[nH]n1)C1(c2cccc(OC(F)(F)F)c2)CCC1. The molecule has 132 valence electrons. The molecule has 3 rings (SSSR count). The zero-order valence-corrected chi connectivity index (χ0v) is 12.9. The number of carbonyl (C=O) groups excluding carboxylic acids is 1. The highest BCUT2D eigenvalue weighted by Crippen LogP contribution is 2.45. The number of carbonyl (C=O) groups is 1. The molecular formula is C16H14F3N3O3. The average Bonchev–Trinajstić information content (AvgIpc) is 2.47. The Hall–Kier alpha value is -2.84. The van der Waals surface area contributed by atoms with Crippen LogP contribution in [0, 0.1) is 0 Å². The second-order valence-electron chi connectivity index (χ2n) is 5.77. The Morgan fingerprint density at radius 2 is 2.00 bits per heavy atom. The van der Waals surface area contributed by atoms with Gasteiger partial charge in [-0.15, -0.1) is 13.2 Å². The molecule has 0 spiro atoms. The van der Waals surface area contributed by atoms with Crippen LogP contribution in [0.25, 0.3) is 0 Å². The Bertz CT molecular complexity index is 824. The van der Waals surface area contributed by atoms with E-state index in [4.69, 9.17) is 0 Å². The van der Waals surface area contributed by atoms with Crippen LogP contribution >= 0.6 is 0 Å². The van der Waals surface area contributed by atoms with Crippen LogP contribution in [-0.2, 0) is 10.2 Å². The van der Waals surface area contributed by atoms with Crippen LogP contribution in [0.15, 0.2) is 41.2 Å². The summed E-state index contributed by atoms with van der Waals surface area (Å²) in [5.41, 5.74) is -0.904. The number of amides is 1. The Morgan fingerprint density at radius 3 is 2.56 bits per heavy atom. The minimum Gasteiger partial charge on any atom is -0.406 e. The van der Waals surface area contributed by atoms with Gasteiger partial charge in [0.15, 0.2) is 5.82 Å². The molecule has 0 bridgehead atoms. The maximum Gasteiger partial charge on any atom is 0.573 e. The number of aromatic nitrogens is 2. The zero-order valence-electron chi connectivity index (χ0n) is 12.9.